The molecule has 0 heterocycles. The second-order valence-corrected chi connectivity index (χ2v) is 4.97. The third-order valence-corrected chi connectivity index (χ3v) is 3.34. The van der Waals surface area contributed by atoms with Gasteiger partial charge in [0, 0.05) is 5.69 Å². The van der Waals surface area contributed by atoms with Crippen LogP contribution in [0.1, 0.15) is 5.56 Å². The molecule has 0 spiro atoms. The van der Waals surface area contributed by atoms with Crippen LogP contribution in [-0.4, -0.2) is 26.2 Å². The van der Waals surface area contributed by atoms with Crippen LogP contribution in [0, 0.1) is 11.3 Å². The number of rotatable bonds is 5. The first-order chi connectivity index (χ1) is 12.1. The van der Waals surface area contributed by atoms with Crippen molar-refractivity contribution < 1.29 is 19.1 Å². The summed E-state index contributed by atoms with van der Waals surface area (Å²) in [6, 6.07) is 16.5. The highest BCUT2D eigenvalue weighted by Crippen LogP contribution is 2.24. The molecule has 0 aliphatic carbocycles. The molecule has 126 valence electrons. The van der Waals surface area contributed by atoms with Crippen molar-refractivity contribution in [2.45, 2.75) is 0 Å². The third kappa shape index (κ3) is 4.69. The maximum atomic E-state index is 11.8. The van der Waals surface area contributed by atoms with E-state index in [1.165, 1.54) is 14.2 Å². The van der Waals surface area contributed by atoms with Crippen LogP contribution in [0.25, 0.3) is 11.1 Å². The molecule has 2 rings (SSSR count). The number of hydrogen-bond donors (Lipinski definition) is 1. The van der Waals surface area contributed by atoms with Gasteiger partial charge >= 0.3 is 11.9 Å². The molecule has 0 aliphatic rings. The number of anilines is 1. The fourth-order valence-electron chi connectivity index (χ4n) is 2.13. The lowest BCUT2D eigenvalue weighted by Gasteiger charge is -2.11. The van der Waals surface area contributed by atoms with Crippen molar-refractivity contribution in [2.75, 3.05) is 19.5 Å². The highest BCUT2D eigenvalue weighted by atomic mass is 16.5. The highest BCUT2D eigenvalue weighted by molar-refractivity contribution is 5.98. The molecule has 0 atom stereocenters. The van der Waals surface area contributed by atoms with E-state index in [0.717, 1.165) is 17.2 Å². The lowest BCUT2D eigenvalue weighted by Crippen LogP contribution is -2.15. The predicted molar refractivity (Wildman–Crippen MR) is 92.3 cm³/mol. The summed E-state index contributed by atoms with van der Waals surface area (Å²) in [5.41, 5.74) is 2.80. The van der Waals surface area contributed by atoms with E-state index in [2.05, 4.69) is 20.9 Å². The van der Waals surface area contributed by atoms with Crippen molar-refractivity contribution in [3.63, 3.8) is 0 Å². The topological polar surface area (TPSA) is 88.4 Å². The average Bonchev–Trinajstić information content (AvgIpc) is 2.66. The van der Waals surface area contributed by atoms with Crippen LogP contribution in [0.2, 0.25) is 0 Å². The summed E-state index contributed by atoms with van der Waals surface area (Å²) in [4.78, 5) is 23.2. The summed E-state index contributed by atoms with van der Waals surface area (Å²) in [6.45, 7) is 0. The van der Waals surface area contributed by atoms with Crippen molar-refractivity contribution in [3.8, 4) is 17.2 Å². The Morgan fingerprint density at radius 3 is 2.36 bits per heavy atom. The van der Waals surface area contributed by atoms with Gasteiger partial charge < -0.3 is 14.8 Å². The van der Waals surface area contributed by atoms with E-state index in [4.69, 9.17) is 5.26 Å². The van der Waals surface area contributed by atoms with Gasteiger partial charge in [0.25, 0.3) is 0 Å². The van der Waals surface area contributed by atoms with Gasteiger partial charge in [-0.15, -0.1) is 0 Å². The van der Waals surface area contributed by atoms with Crippen LogP contribution in [0.3, 0.4) is 0 Å². The lowest BCUT2D eigenvalue weighted by atomic mass is 10.0. The molecule has 0 radical (unpaired) electrons. The van der Waals surface area contributed by atoms with Crippen LogP contribution in [0.4, 0.5) is 5.69 Å². The number of nitrogens with zero attached hydrogens (tertiary/aromatic N) is 1. The zero-order chi connectivity index (χ0) is 18.2. The van der Waals surface area contributed by atoms with Crippen molar-refractivity contribution in [2.24, 2.45) is 0 Å². The molecule has 0 amide bonds. The fourth-order valence-corrected chi connectivity index (χ4v) is 2.13. The van der Waals surface area contributed by atoms with Crippen LogP contribution < -0.4 is 5.32 Å². The molecule has 0 saturated carbocycles. The molecule has 0 bridgehead atoms. The summed E-state index contributed by atoms with van der Waals surface area (Å²) in [6.07, 6.45) is 1.02. The summed E-state index contributed by atoms with van der Waals surface area (Å²) in [5.74, 6) is -1.37. The molecule has 0 saturated heterocycles. The van der Waals surface area contributed by atoms with Crippen LogP contribution in [-0.2, 0) is 19.1 Å². The number of methoxy groups -OCH3 is 2. The second-order valence-electron chi connectivity index (χ2n) is 4.97. The van der Waals surface area contributed by atoms with Gasteiger partial charge in [0.15, 0.2) is 0 Å². The Kier molecular flexibility index (Phi) is 5.91. The lowest BCUT2D eigenvalue weighted by molar-refractivity contribution is -0.138. The summed E-state index contributed by atoms with van der Waals surface area (Å²) < 4.78 is 9.20. The fraction of sp³-hybridized carbons (Fsp3) is 0.105. The monoisotopic (exact) mass is 336 g/mol. The molecule has 0 aliphatic heterocycles. The first-order valence-electron chi connectivity index (χ1n) is 7.33. The van der Waals surface area contributed by atoms with Crippen molar-refractivity contribution in [3.05, 3.63) is 65.9 Å². The average molecular weight is 336 g/mol. The SMILES string of the molecule is COC(=O)/C=C(/Nc1cccc(-c2cccc(C#N)c2)c1)C(=O)OC. The number of hydrogen-bond acceptors (Lipinski definition) is 6. The molecule has 0 aromatic heterocycles. The van der Waals surface area contributed by atoms with Crippen LogP contribution in [0.15, 0.2) is 60.3 Å². The molecule has 2 aromatic rings. The quantitative estimate of drug-likeness (QED) is 0.667. The van der Waals surface area contributed by atoms with Gasteiger partial charge in [0.2, 0.25) is 0 Å². The number of ether oxygens (including phenoxy) is 2. The summed E-state index contributed by atoms with van der Waals surface area (Å²) >= 11 is 0. The number of carbonyl (C=O) groups is 2. The maximum Gasteiger partial charge on any atom is 0.354 e. The van der Waals surface area contributed by atoms with E-state index in [1.54, 1.807) is 36.4 Å². The normalized spacial score (nSPS) is 10.5. The Morgan fingerprint density at radius 1 is 1.04 bits per heavy atom. The highest BCUT2D eigenvalue weighted by Gasteiger charge is 2.13. The minimum absolute atomic E-state index is 0.0442. The Labute approximate surface area is 145 Å². The molecule has 6 nitrogen and oxygen atoms in total. The van der Waals surface area contributed by atoms with E-state index in [9.17, 15) is 9.59 Å². The van der Waals surface area contributed by atoms with E-state index in [0.29, 0.717) is 11.3 Å². The largest absolute Gasteiger partial charge is 0.466 e. The van der Waals surface area contributed by atoms with Gasteiger partial charge in [-0.25, -0.2) is 9.59 Å². The number of esters is 2. The maximum absolute atomic E-state index is 11.8. The van der Waals surface area contributed by atoms with Crippen molar-refractivity contribution in [1.29, 1.82) is 5.26 Å². The first-order valence-corrected chi connectivity index (χ1v) is 7.33. The minimum Gasteiger partial charge on any atom is -0.466 e. The van der Waals surface area contributed by atoms with Gasteiger partial charge in [-0.3, -0.25) is 0 Å². The van der Waals surface area contributed by atoms with E-state index in [1.807, 2.05) is 12.1 Å². The number of benzene rings is 2. The van der Waals surface area contributed by atoms with Gasteiger partial charge in [0.1, 0.15) is 5.70 Å². The smallest absolute Gasteiger partial charge is 0.354 e. The standard InChI is InChI=1S/C19H16N2O4/c1-24-18(22)11-17(19(23)25-2)21-16-8-4-7-15(10-16)14-6-3-5-13(9-14)12-20/h3-11,21H,1-2H3/b17-11+. The van der Waals surface area contributed by atoms with Gasteiger partial charge in [-0.2, -0.15) is 5.26 Å². The van der Waals surface area contributed by atoms with Gasteiger partial charge in [0.05, 0.1) is 31.9 Å². The third-order valence-electron chi connectivity index (χ3n) is 3.34. The van der Waals surface area contributed by atoms with Crippen molar-refractivity contribution >= 4 is 17.6 Å². The minimum atomic E-state index is -0.692. The van der Waals surface area contributed by atoms with E-state index >= 15 is 0 Å². The molecule has 0 unspecified atom stereocenters. The number of nitriles is 1. The number of nitrogens with one attached hydrogen (secondary N) is 1. The molecule has 6 heteroatoms. The Morgan fingerprint density at radius 2 is 1.72 bits per heavy atom. The van der Waals surface area contributed by atoms with Crippen molar-refractivity contribution in [1.82, 2.24) is 0 Å². The predicted octanol–water partition coefficient (Wildman–Crippen LogP) is 2.87. The molecule has 0 fully saturated rings. The summed E-state index contributed by atoms with van der Waals surface area (Å²) in [5, 5.41) is 11.9. The van der Waals surface area contributed by atoms with Crippen LogP contribution in [0.5, 0.6) is 0 Å². The first kappa shape index (κ1) is 17.8. The molecular formula is C19H16N2O4. The molecular weight excluding hydrogens is 320 g/mol. The van der Waals surface area contributed by atoms with Crippen LogP contribution >= 0.6 is 0 Å². The zero-order valence-electron chi connectivity index (χ0n) is 13.8. The second kappa shape index (κ2) is 8.31. The molecule has 25 heavy (non-hydrogen) atoms. The summed E-state index contributed by atoms with van der Waals surface area (Å²) in [7, 11) is 2.44. The Bertz CT molecular complexity index is 866. The Hall–Kier alpha value is -3.59. The Balaban J connectivity index is 2.34. The zero-order valence-corrected chi connectivity index (χ0v) is 13.8. The molecule has 1 N–H and O–H groups in total. The van der Waals surface area contributed by atoms with Gasteiger partial charge in [-0.05, 0) is 35.4 Å². The molecule has 2 aromatic carbocycles. The van der Waals surface area contributed by atoms with Gasteiger partial charge in [-0.1, -0.05) is 24.3 Å². The van der Waals surface area contributed by atoms with E-state index in [-0.39, 0.29) is 5.70 Å². The van der Waals surface area contributed by atoms with E-state index < -0.39 is 11.9 Å². The number of carbonyl (C=O) groups excluding carboxylic acids is 2.